The van der Waals surface area contributed by atoms with E-state index in [-0.39, 0.29) is 0 Å². The molecule has 0 saturated carbocycles. The number of rotatable bonds is 8. The summed E-state index contributed by atoms with van der Waals surface area (Å²) in [5, 5.41) is 6.67. The Bertz CT molecular complexity index is 314. The van der Waals surface area contributed by atoms with E-state index in [1.165, 1.54) is 16.5 Å². The molecule has 0 bridgehead atoms. The SMILES string of the molecule is CCNCc1nc(CN(C)C(C)CSC)cs1. The number of thiazole rings is 1. The Labute approximate surface area is 113 Å². The molecule has 0 aliphatic heterocycles. The predicted molar refractivity (Wildman–Crippen MR) is 78.8 cm³/mol. The minimum Gasteiger partial charge on any atom is -0.311 e. The third-order valence-electron chi connectivity index (χ3n) is 2.70. The van der Waals surface area contributed by atoms with E-state index in [0.29, 0.717) is 6.04 Å². The molecule has 17 heavy (non-hydrogen) atoms. The summed E-state index contributed by atoms with van der Waals surface area (Å²) < 4.78 is 0. The van der Waals surface area contributed by atoms with Gasteiger partial charge in [-0.15, -0.1) is 11.3 Å². The first-order chi connectivity index (χ1) is 8.17. The molecule has 1 unspecified atom stereocenters. The number of thioether (sulfide) groups is 1. The summed E-state index contributed by atoms with van der Waals surface area (Å²) in [5.74, 6) is 1.17. The van der Waals surface area contributed by atoms with Crippen molar-refractivity contribution in [1.82, 2.24) is 15.2 Å². The van der Waals surface area contributed by atoms with Crippen LogP contribution in [0.3, 0.4) is 0 Å². The van der Waals surface area contributed by atoms with Gasteiger partial charge in [-0.2, -0.15) is 11.8 Å². The van der Waals surface area contributed by atoms with Crippen LogP contribution in [-0.4, -0.2) is 41.5 Å². The van der Waals surface area contributed by atoms with Crippen molar-refractivity contribution in [3.63, 3.8) is 0 Å². The highest BCUT2D eigenvalue weighted by molar-refractivity contribution is 7.98. The van der Waals surface area contributed by atoms with Crippen molar-refractivity contribution in [2.24, 2.45) is 0 Å². The van der Waals surface area contributed by atoms with Gasteiger partial charge in [0.15, 0.2) is 0 Å². The van der Waals surface area contributed by atoms with Gasteiger partial charge < -0.3 is 5.32 Å². The summed E-state index contributed by atoms with van der Waals surface area (Å²) in [5.41, 5.74) is 1.19. The van der Waals surface area contributed by atoms with E-state index in [2.05, 4.69) is 47.7 Å². The second kappa shape index (κ2) is 8.08. The van der Waals surface area contributed by atoms with Gasteiger partial charge in [-0.3, -0.25) is 4.90 Å². The van der Waals surface area contributed by atoms with E-state index in [1.807, 2.05) is 11.8 Å². The van der Waals surface area contributed by atoms with Gasteiger partial charge in [0.1, 0.15) is 5.01 Å². The Kier molecular flexibility index (Phi) is 7.11. The van der Waals surface area contributed by atoms with Gasteiger partial charge in [0.25, 0.3) is 0 Å². The lowest BCUT2D eigenvalue weighted by molar-refractivity contribution is 0.267. The molecule has 0 aromatic carbocycles. The van der Waals surface area contributed by atoms with Crippen molar-refractivity contribution in [2.45, 2.75) is 33.0 Å². The lowest BCUT2D eigenvalue weighted by atomic mass is 10.3. The molecule has 98 valence electrons. The van der Waals surface area contributed by atoms with E-state index in [1.54, 1.807) is 11.3 Å². The van der Waals surface area contributed by atoms with Crippen molar-refractivity contribution in [2.75, 3.05) is 25.6 Å². The van der Waals surface area contributed by atoms with Gasteiger partial charge in [0.05, 0.1) is 5.69 Å². The Balaban J connectivity index is 2.42. The minimum absolute atomic E-state index is 0.601. The van der Waals surface area contributed by atoms with Gasteiger partial charge in [-0.05, 0) is 26.8 Å². The third-order valence-corrected chi connectivity index (χ3v) is 4.41. The van der Waals surface area contributed by atoms with Crippen LogP contribution >= 0.6 is 23.1 Å². The van der Waals surface area contributed by atoms with Crippen LogP contribution < -0.4 is 5.32 Å². The quantitative estimate of drug-likeness (QED) is 0.787. The highest BCUT2D eigenvalue weighted by Crippen LogP contribution is 2.13. The van der Waals surface area contributed by atoms with Crippen LogP contribution in [0.5, 0.6) is 0 Å². The number of hydrogen-bond acceptors (Lipinski definition) is 5. The van der Waals surface area contributed by atoms with Crippen LogP contribution in [-0.2, 0) is 13.1 Å². The van der Waals surface area contributed by atoms with Crippen molar-refractivity contribution in [3.05, 3.63) is 16.1 Å². The number of hydrogen-bond donors (Lipinski definition) is 1. The van der Waals surface area contributed by atoms with Crippen LogP contribution in [0.4, 0.5) is 0 Å². The van der Waals surface area contributed by atoms with Crippen molar-refractivity contribution in [1.29, 1.82) is 0 Å². The molecule has 0 radical (unpaired) electrons. The van der Waals surface area contributed by atoms with Gasteiger partial charge >= 0.3 is 0 Å². The Hall–Kier alpha value is -0.100. The first-order valence-corrected chi connectivity index (χ1v) is 8.27. The molecule has 1 aromatic heterocycles. The molecule has 3 nitrogen and oxygen atoms in total. The van der Waals surface area contributed by atoms with E-state index in [4.69, 9.17) is 0 Å². The maximum atomic E-state index is 4.64. The van der Waals surface area contributed by atoms with Gasteiger partial charge in [-0.1, -0.05) is 6.92 Å². The first-order valence-electron chi connectivity index (χ1n) is 6.00. The molecule has 0 fully saturated rings. The molecule has 0 spiro atoms. The van der Waals surface area contributed by atoms with E-state index in [9.17, 15) is 0 Å². The molecule has 1 atom stereocenters. The molecule has 5 heteroatoms. The maximum Gasteiger partial charge on any atom is 0.107 e. The molecular formula is C12H23N3S2. The average molecular weight is 273 g/mol. The third kappa shape index (κ3) is 5.38. The number of nitrogens with zero attached hydrogens (tertiary/aromatic N) is 2. The van der Waals surface area contributed by atoms with Crippen molar-refractivity contribution >= 4 is 23.1 Å². The summed E-state index contributed by atoms with van der Waals surface area (Å²) in [6.07, 6.45) is 2.15. The summed E-state index contributed by atoms with van der Waals surface area (Å²) >= 11 is 3.65. The Morgan fingerprint density at radius 3 is 3.00 bits per heavy atom. The average Bonchev–Trinajstić information content (AvgIpc) is 2.74. The fraction of sp³-hybridized carbons (Fsp3) is 0.750. The zero-order valence-electron chi connectivity index (χ0n) is 11.2. The van der Waals surface area contributed by atoms with E-state index >= 15 is 0 Å². The first kappa shape index (κ1) is 15.0. The topological polar surface area (TPSA) is 28.2 Å². The van der Waals surface area contributed by atoms with Crippen LogP contribution in [0.1, 0.15) is 24.5 Å². The van der Waals surface area contributed by atoms with Gasteiger partial charge in [0, 0.05) is 30.3 Å². The zero-order valence-corrected chi connectivity index (χ0v) is 12.8. The molecule has 1 N–H and O–H groups in total. The van der Waals surface area contributed by atoms with Crippen molar-refractivity contribution < 1.29 is 0 Å². The summed E-state index contributed by atoms with van der Waals surface area (Å²) in [7, 11) is 2.17. The smallest absolute Gasteiger partial charge is 0.107 e. The molecule has 1 aromatic rings. The van der Waals surface area contributed by atoms with Gasteiger partial charge in [0.2, 0.25) is 0 Å². The van der Waals surface area contributed by atoms with E-state index in [0.717, 1.165) is 19.6 Å². The maximum absolute atomic E-state index is 4.64. The zero-order chi connectivity index (χ0) is 12.7. The van der Waals surface area contributed by atoms with Crippen LogP contribution in [0.15, 0.2) is 5.38 Å². The van der Waals surface area contributed by atoms with Crippen LogP contribution in [0, 0.1) is 0 Å². The largest absolute Gasteiger partial charge is 0.311 e. The predicted octanol–water partition coefficient (Wildman–Crippen LogP) is 2.44. The molecular weight excluding hydrogens is 250 g/mol. The molecule has 0 amide bonds. The number of aromatic nitrogens is 1. The molecule has 1 rings (SSSR count). The summed E-state index contributed by atoms with van der Waals surface area (Å²) in [6, 6.07) is 0.601. The second-order valence-electron chi connectivity index (χ2n) is 4.23. The van der Waals surface area contributed by atoms with Crippen molar-refractivity contribution in [3.8, 4) is 0 Å². The Morgan fingerprint density at radius 2 is 2.35 bits per heavy atom. The molecule has 0 saturated heterocycles. The van der Waals surface area contributed by atoms with E-state index < -0.39 is 0 Å². The second-order valence-corrected chi connectivity index (χ2v) is 6.09. The van der Waals surface area contributed by atoms with Gasteiger partial charge in [-0.25, -0.2) is 4.98 Å². The van der Waals surface area contributed by atoms with Crippen LogP contribution in [0.2, 0.25) is 0 Å². The Morgan fingerprint density at radius 1 is 1.59 bits per heavy atom. The molecule has 1 heterocycles. The standard InChI is InChI=1S/C12H23N3S2/c1-5-13-6-12-14-11(9-17-12)7-15(3)10(2)8-16-4/h9-10,13H,5-8H2,1-4H3. The summed E-state index contributed by atoms with van der Waals surface area (Å²) in [6.45, 7) is 7.23. The van der Waals surface area contributed by atoms with Crippen LogP contribution in [0.25, 0.3) is 0 Å². The molecule has 0 aliphatic carbocycles. The molecule has 0 aliphatic rings. The highest BCUT2D eigenvalue weighted by Gasteiger charge is 2.10. The monoisotopic (exact) mass is 273 g/mol. The highest BCUT2D eigenvalue weighted by atomic mass is 32.2. The lowest BCUT2D eigenvalue weighted by Crippen LogP contribution is -2.30. The fourth-order valence-corrected chi connectivity index (χ4v) is 3.01. The summed E-state index contributed by atoms with van der Waals surface area (Å²) in [4.78, 5) is 7.00. The fourth-order valence-electron chi connectivity index (χ4n) is 1.51. The lowest BCUT2D eigenvalue weighted by Gasteiger charge is -2.22. The normalized spacial score (nSPS) is 13.2. The number of nitrogens with one attached hydrogen (secondary N) is 1. The minimum atomic E-state index is 0.601.